The van der Waals surface area contributed by atoms with Crippen LogP contribution in [-0.4, -0.2) is 16.6 Å². The van der Waals surface area contributed by atoms with Gasteiger partial charge in [-0.2, -0.15) is 0 Å². The quantitative estimate of drug-likeness (QED) is 0.774. The Balaban J connectivity index is 2.11. The van der Waals surface area contributed by atoms with Crippen molar-refractivity contribution in [3.63, 3.8) is 0 Å². The molecule has 0 bridgehead atoms. The van der Waals surface area contributed by atoms with E-state index in [1.807, 2.05) is 54.9 Å². The van der Waals surface area contributed by atoms with Crippen LogP contribution in [0.5, 0.6) is 0 Å². The van der Waals surface area contributed by atoms with E-state index >= 15 is 0 Å². The third-order valence-corrected chi connectivity index (χ3v) is 4.52. The van der Waals surface area contributed by atoms with Gasteiger partial charge in [0.1, 0.15) is 5.82 Å². The Kier molecular flexibility index (Phi) is 4.65. The van der Waals surface area contributed by atoms with Crippen molar-refractivity contribution in [2.45, 2.75) is 32.7 Å². The zero-order valence-corrected chi connectivity index (χ0v) is 14.4. The predicted molar refractivity (Wildman–Crippen MR) is 99.8 cm³/mol. The van der Waals surface area contributed by atoms with Gasteiger partial charge >= 0.3 is 0 Å². The molecular formula is C20H23N3O. The Hall–Kier alpha value is -2.62. The molecule has 3 rings (SSSR count). The highest BCUT2D eigenvalue weighted by Gasteiger charge is 2.17. The Morgan fingerprint density at radius 3 is 2.58 bits per heavy atom. The first-order chi connectivity index (χ1) is 11.6. The zero-order valence-electron chi connectivity index (χ0n) is 14.4. The van der Waals surface area contributed by atoms with Gasteiger partial charge in [-0.15, -0.1) is 0 Å². The van der Waals surface area contributed by atoms with Gasteiger partial charge < -0.3 is 5.32 Å². The largest absolute Gasteiger partial charge is 0.388 e. The van der Waals surface area contributed by atoms with Crippen molar-refractivity contribution in [3.8, 4) is 0 Å². The van der Waals surface area contributed by atoms with Crippen molar-refractivity contribution in [1.82, 2.24) is 9.55 Å². The van der Waals surface area contributed by atoms with Crippen molar-refractivity contribution in [2.75, 3.05) is 12.4 Å². The maximum absolute atomic E-state index is 13.1. The lowest BCUT2D eigenvalue weighted by Crippen LogP contribution is -2.29. The summed E-state index contributed by atoms with van der Waals surface area (Å²) in [5, 5.41) is 3.75. The molecule has 0 amide bonds. The van der Waals surface area contributed by atoms with Gasteiger partial charge in [-0.3, -0.25) is 9.36 Å². The fourth-order valence-electron chi connectivity index (χ4n) is 3.20. The summed E-state index contributed by atoms with van der Waals surface area (Å²) in [6, 6.07) is 16.1. The Morgan fingerprint density at radius 2 is 1.92 bits per heavy atom. The minimum atomic E-state index is 0.0392. The molecule has 0 aliphatic carbocycles. The van der Waals surface area contributed by atoms with Gasteiger partial charge in [0, 0.05) is 18.8 Å². The number of benzene rings is 2. The van der Waals surface area contributed by atoms with Gasteiger partial charge in [0.15, 0.2) is 0 Å². The SMILES string of the molecule is CC[C@H](Cc1ccccc1)n1c(C)nc2ccc(NC)cc2c1=O. The van der Waals surface area contributed by atoms with Crippen molar-refractivity contribution in [2.24, 2.45) is 0 Å². The highest BCUT2D eigenvalue weighted by molar-refractivity contribution is 5.81. The van der Waals surface area contributed by atoms with Gasteiger partial charge in [-0.25, -0.2) is 4.98 Å². The molecule has 4 nitrogen and oxygen atoms in total. The fourth-order valence-corrected chi connectivity index (χ4v) is 3.20. The second kappa shape index (κ2) is 6.87. The second-order valence-electron chi connectivity index (χ2n) is 6.07. The Labute approximate surface area is 142 Å². The summed E-state index contributed by atoms with van der Waals surface area (Å²) in [5.41, 5.74) is 2.95. The zero-order chi connectivity index (χ0) is 17.1. The van der Waals surface area contributed by atoms with Gasteiger partial charge in [0.25, 0.3) is 5.56 Å². The number of rotatable bonds is 5. The van der Waals surface area contributed by atoms with Crippen LogP contribution in [0, 0.1) is 6.92 Å². The summed E-state index contributed by atoms with van der Waals surface area (Å²) in [6.45, 7) is 4.04. The van der Waals surface area contributed by atoms with E-state index in [0.29, 0.717) is 5.39 Å². The van der Waals surface area contributed by atoms with Crippen LogP contribution in [0.1, 0.15) is 30.8 Å². The van der Waals surface area contributed by atoms with E-state index in [-0.39, 0.29) is 11.6 Å². The summed E-state index contributed by atoms with van der Waals surface area (Å²) in [5.74, 6) is 0.771. The Morgan fingerprint density at radius 1 is 1.17 bits per heavy atom. The standard InChI is InChI=1S/C20H23N3O/c1-4-17(12-15-8-6-5-7-9-15)23-14(2)22-19-11-10-16(21-3)13-18(19)20(23)24/h5-11,13,17,21H,4,12H2,1-3H3/t17-/m1/s1. The molecule has 0 saturated carbocycles. The molecule has 0 radical (unpaired) electrons. The number of anilines is 1. The monoisotopic (exact) mass is 321 g/mol. The third kappa shape index (κ3) is 3.04. The minimum absolute atomic E-state index is 0.0392. The van der Waals surface area contributed by atoms with E-state index in [1.165, 1.54) is 5.56 Å². The highest BCUT2D eigenvalue weighted by atomic mass is 16.1. The first-order valence-electron chi connectivity index (χ1n) is 8.38. The molecule has 0 unspecified atom stereocenters. The van der Waals surface area contributed by atoms with E-state index < -0.39 is 0 Å². The molecule has 1 aromatic heterocycles. The topological polar surface area (TPSA) is 46.9 Å². The lowest BCUT2D eigenvalue weighted by Gasteiger charge is -2.21. The van der Waals surface area contributed by atoms with Crippen molar-refractivity contribution in [3.05, 3.63) is 70.3 Å². The van der Waals surface area contributed by atoms with E-state index in [0.717, 1.165) is 29.9 Å². The molecule has 0 fully saturated rings. The van der Waals surface area contributed by atoms with E-state index in [1.54, 1.807) is 0 Å². The molecule has 3 aromatic rings. The lowest BCUT2D eigenvalue weighted by atomic mass is 10.0. The normalized spacial score (nSPS) is 12.3. The summed E-state index contributed by atoms with van der Waals surface area (Å²) >= 11 is 0. The number of aryl methyl sites for hydroxylation is 1. The smallest absolute Gasteiger partial charge is 0.261 e. The van der Waals surface area contributed by atoms with Crippen molar-refractivity contribution in [1.29, 1.82) is 0 Å². The summed E-state index contributed by atoms with van der Waals surface area (Å²) < 4.78 is 1.86. The van der Waals surface area contributed by atoms with Crippen molar-refractivity contribution < 1.29 is 0 Å². The van der Waals surface area contributed by atoms with Crippen LogP contribution in [0.4, 0.5) is 5.69 Å². The summed E-state index contributed by atoms with van der Waals surface area (Å²) in [6.07, 6.45) is 1.71. The lowest BCUT2D eigenvalue weighted by molar-refractivity contribution is 0.455. The number of hydrogen-bond acceptors (Lipinski definition) is 3. The molecule has 1 N–H and O–H groups in total. The third-order valence-electron chi connectivity index (χ3n) is 4.52. The van der Waals surface area contributed by atoms with Crippen LogP contribution in [0.15, 0.2) is 53.3 Å². The molecular weight excluding hydrogens is 298 g/mol. The molecule has 0 spiro atoms. The molecule has 1 atom stereocenters. The number of nitrogens with zero attached hydrogens (tertiary/aromatic N) is 2. The van der Waals surface area contributed by atoms with Crippen LogP contribution >= 0.6 is 0 Å². The van der Waals surface area contributed by atoms with Crippen molar-refractivity contribution >= 4 is 16.6 Å². The first kappa shape index (κ1) is 16.2. The number of fused-ring (bicyclic) bond motifs is 1. The molecule has 24 heavy (non-hydrogen) atoms. The molecule has 2 aromatic carbocycles. The summed E-state index contributed by atoms with van der Waals surface area (Å²) in [4.78, 5) is 17.8. The maximum atomic E-state index is 13.1. The van der Waals surface area contributed by atoms with Gasteiger partial charge in [0.2, 0.25) is 0 Å². The number of hydrogen-bond donors (Lipinski definition) is 1. The molecule has 0 aliphatic rings. The van der Waals surface area contributed by atoms with Gasteiger partial charge in [0.05, 0.1) is 10.9 Å². The second-order valence-corrected chi connectivity index (χ2v) is 6.07. The maximum Gasteiger partial charge on any atom is 0.261 e. The number of nitrogens with one attached hydrogen (secondary N) is 1. The van der Waals surface area contributed by atoms with E-state index in [4.69, 9.17) is 0 Å². The molecule has 1 heterocycles. The average Bonchev–Trinajstić information content (AvgIpc) is 2.61. The molecule has 0 saturated heterocycles. The van der Waals surface area contributed by atoms with Gasteiger partial charge in [-0.1, -0.05) is 37.3 Å². The molecule has 124 valence electrons. The van der Waals surface area contributed by atoms with Gasteiger partial charge in [-0.05, 0) is 43.5 Å². The first-order valence-corrected chi connectivity index (χ1v) is 8.38. The van der Waals surface area contributed by atoms with Crippen LogP contribution < -0.4 is 10.9 Å². The highest BCUT2D eigenvalue weighted by Crippen LogP contribution is 2.20. The van der Waals surface area contributed by atoms with E-state index in [9.17, 15) is 4.79 Å². The Bertz CT molecular complexity index is 900. The van der Waals surface area contributed by atoms with Crippen LogP contribution in [0.2, 0.25) is 0 Å². The minimum Gasteiger partial charge on any atom is -0.388 e. The fraction of sp³-hybridized carbons (Fsp3) is 0.300. The predicted octanol–water partition coefficient (Wildman–Crippen LogP) is 3.94. The number of aromatic nitrogens is 2. The van der Waals surface area contributed by atoms with Crippen LogP contribution in [0.25, 0.3) is 10.9 Å². The van der Waals surface area contributed by atoms with Crippen LogP contribution in [0.3, 0.4) is 0 Å². The van der Waals surface area contributed by atoms with E-state index in [2.05, 4.69) is 29.4 Å². The molecule has 0 aliphatic heterocycles. The van der Waals surface area contributed by atoms with Crippen LogP contribution in [-0.2, 0) is 6.42 Å². The average molecular weight is 321 g/mol. The molecule has 4 heteroatoms. The summed E-state index contributed by atoms with van der Waals surface area (Å²) in [7, 11) is 1.85.